The van der Waals surface area contributed by atoms with E-state index in [9.17, 15) is 4.79 Å². The first-order valence-corrected chi connectivity index (χ1v) is 10.1. The van der Waals surface area contributed by atoms with E-state index in [1.807, 2.05) is 51.8 Å². The summed E-state index contributed by atoms with van der Waals surface area (Å²) in [7, 11) is 0. The van der Waals surface area contributed by atoms with Crippen molar-refractivity contribution < 1.29 is 4.79 Å². The third-order valence-electron chi connectivity index (χ3n) is 4.07. The number of piperidine rings is 1. The third kappa shape index (κ3) is 4.26. The summed E-state index contributed by atoms with van der Waals surface area (Å²) in [5.74, 6) is 1.75. The number of benzene rings is 1. The van der Waals surface area contributed by atoms with Crippen molar-refractivity contribution in [3.8, 4) is 11.3 Å². The normalized spacial score (nSPS) is 18.0. The molecule has 2 aromatic rings. The number of urea groups is 1. The lowest BCUT2D eigenvalue weighted by Crippen LogP contribution is -2.42. The van der Waals surface area contributed by atoms with Crippen LogP contribution in [0, 0.1) is 5.92 Å². The van der Waals surface area contributed by atoms with Crippen molar-refractivity contribution in [2.45, 2.75) is 12.8 Å². The van der Waals surface area contributed by atoms with Crippen LogP contribution < -0.4 is 5.32 Å². The second kappa shape index (κ2) is 7.84. The summed E-state index contributed by atoms with van der Waals surface area (Å²) in [5, 5.41) is 5.03. The summed E-state index contributed by atoms with van der Waals surface area (Å²) in [4.78, 5) is 18.7. The first-order chi connectivity index (χ1) is 11.3. The van der Waals surface area contributed by atoms with Crippen molar-refractivity contribution >= 4 is 34.8 Å². The van der Waals surface area contributed by atoms with Gasteiger partial charge < -0.3 is 10.2 Å². The molecule has 1 fully saturated rings. The molecular weight excluding hydrogens is 326 g/mol. The van der Waals surface area contributed by atoms with Crippen LogP contribution in [-0.4, -0.2) is 41.0 Å². The Morgan fingerprint density at radius 3 is 2.96 bits per heavy atom. The van der Waals surface area contributed by atoms with E-state index >= 15 is 0 Å². The number of anilines is 1. The summed E-state index contributed by atoms with van der Waals surface area (Å²) in [6.07, 6.45) is 4.46. The second-order valence-electron chi connectivity index (χ2n) is 5.79. The fourth-order valence-electron chi connectivity index (χ4n) is 2.90. The monoisotopic (exact) mass is 347 g/mol. The molecule has 6 heteroatoms. The molecule has 2 heterocycles. The Morgan fingerprint density at radius 2 is 2.26 bits per heavy atom. The number of amides is 2. The summed E-state index contributed by atoms with van der Waals surface area (Å²) in [6.45, 7) is 1.72. The molecule has 0 spiro atoms. The molecular formula is C17H21N3OS2. The predicted octanol–water partition coefficient (Wildman–Crippen LogP) is 4.42. The van der Waals surface area contributed by atoms with Gasteiger partial charge in [-0.1, -0.05) is 12.1 Å². The first kappa shape index (κ1) is 16.3. The summed E-state index contributed by atoms with van der Waals surface area (Å²) < 4.78 is 0. The van der Waals surface area contributed by atoms with Crippen LogP contribution >= 0.6 is 23.1 Å². The van der Waals surface area contributed by atoms with Crippen LogP contribution in [0.2, 0.25) is 0 Å². The Labute approximate surface area is 145 Å². The van der Waals surface area contributed by atoms with Gasteiger partial charge in [0.1, 0.15) is 0 Å². The minimum atomic E-state index is 0.0113. The molecule has 2 amide bonds. The van der Waals surface area contributed by atoms with E-state index < -0.39 is 0 Å². The average Bonchev–Trinajstić information content (AvgIpc) is 3.11. The fraction of sp³-hybridized carbons (Fsp3) is 0.412. The van der Waals surface area contributed by atoms with Gasteiger partial charge in [-0.05, 0) is 42.9 Å². The highest BCUT2D eigenvalue weighted by Crippen LogP contribution is 2.23. The molecule has 1 saturated heterocycles. The number of hydrogen-bond donors (Lipinski definition) is 1. The Hall–Kier alpha value is -1.53. The molecule has 1 aliphatic heterocycles. The van der Waals surface area contributed by atoms with Crippen LogP contribution in [-0.2, 0) is 0 Å². The lowest BCUT2D eigenvalue weighted by Gasteiger charge is -2.32. The molecule has 4 nitrogen and oxygen atoms in total. The molecule has 1 unspecified atom stereocenters. The third-order valence-corrected chi connectivity index (χ3v) is 5.46. The van der Waals surface area contributed by atoms with Crippen molar-refractivity contribution in [3.63, 3.8) is 0 Å². The predicted molar refractivity (Wildman–Crippen MR) is 99.2 cm³/mol. The van der Waals surface area contributed by atoms with Gasteiger partial charge in [0.05, 0.1) is 11.2 Å². The quantitative estimate of drug-likeness (QED) is 0.890. The highest BCUT2D eigenvalue weighted by Gasteiger charge is 2.23. The van der Waals surface area contributed by atoms with Gasteiger partial charge in [-0.15, -0.1) is 11.3 Å². The number of nitrogens with zero attached hydrogens (tertiary/aromatic N) is 2. The molecule has 1 atom stereocenters. The van der Waals surface area contributed by atoms with E-state index in [2.05, 4.69) is 16.6 Å². The molecule has 0 saturated carbocycles. The topological polar surface area (TPSA) is 45.2 Å². The number of thiazole rings is 1. The summed E-state index contributed by atoms with van der Waals surface area (Å²) in [6, 6.07) is 7.89. The molecule has 0 radical (unpaired) electrons. The Bertz CT molecular complexity index is 626. The van der Waals surface area contributed by atoms with Crippen molar-refractivity contribution in [3.05, 3.63) is 35.2 Å². The van der Waals surface area contributed by atoms with E-state index in [0.717, 1.165) is 42.2 Å². The highest BCUT2D eigenvalue weighted by atomic mass is 32.2. The second-order valence-corrected chi connectivity index (χ2v) is 7.42. The van der Waals surface area contributed by atoms with Crippen molar-refractivity contribution in [1.82, 2.24) is 9.88 Å². The van der Waals surface area contributed by atoms with Crippen LogP contribution in [0.1, 0.15) is 12.8 Å². The van der Waals surface area contributed by atoms with Crippen LogP contribution in [0.3, 0.4) is 0 Å². The molecule has 1 N–H and O–H groups in total. The van der Waals surface area contributed by atoms with E-state index in [4.69, 9.17) is 0 Å². The lowest BCUT2D eigenvalue weighted by atomic mass is 10.0. The van der Waals surface area contributed by atoms with E-state index in [0.29, 0.717) is 5.92 Å². The average molecular weight is 348 g/mol. The van der Waals surface area contributed by atoms with Gasteiger partial charge in [-0.25, -0.2) is 9.78 Å². The number of rotatable bonds is 4. The van der Waals surface area contributed by atoms with Gasteiger partial charge in [-0.2, -0.15) is 11.8 Å². The zero-order valence-electron chi connectivity index (χ0n) is 13.2. The number of hydrogen-bond acceptors (Lipinski definition) is 4. The van der Waals surface area contributed by atoms with Crippen LogP contribution in [0.25, 0.3) is 11.3 Å². The van der Waals surface area contributed by atoms with Gasteiger partial charge in [-0.3, -0.25) is 0 Å². The Balaban J connectivity index is 1.59. The van der Waals surface area contributed by atoms with E-state index in [-0.39, 0.29) is 6.03 Å². The number of carbonyl (C=O) groups is 1. The Kier molecular flexibility index (Phi) is 5.56. The molecule has 0 bridgehead atoms. The minimum Gasteiger partial charge on any atom is -0.324 e. The van der Waals surface area contributed by atoms with E-state index in [1.54, 1.807) is 11.3 Å². The molecule has 1 aromatic heterocycles. The largest absolute Gasteiger partial charge is 0.324 e. The minimum absolute atomic E-state index is 0.0113. The number of likely N-dealkylation sites (tertiary alicyclic amines) is 1. The Morgan fingerprint density at radius 1 is 1.43 bits per heavy atom. The molecule has 1 aromatic carbocycles. The standard InChI is InChI=1S/C17H21N3OS2/c1-22-10-13-3-2-8-20(9-13)17(21)19-15-6-4-14(5-7-15)16-11-23-12-18-16/h4-7,11-13H,2-3,8-10H2,1H3,(H,19,21). The number of carbonyl (C=O) groups excluding carboxylic acids is 1. The van der Waals surface area contributed by atoms with Gasteiger partial charge in [0.2, 0.25) is 0 Å². The van der Waals surface area contributed by atoms with Crippen LogP contribution in [0.4, 0.5) is 10.5 Å². The van der Waals surface area contributed by atoms with Crippen molar-refractivity contribution in [2.75, 3.05) is 30.4 Å². The number of aromatic nitrogens is 1. The first-order valence-electron chi connectivity index (χ1n) is 7.80. The van der Waals surface area contributed by atoms with Crippen molar-refractivity contribution in [1.29, 1.82) is 0 Å². The zero-order valence-corrected chi connectivity index (χ0v) is 14.8. The highest BCUT2D eigenvalue weighted by molar-refractivity contribution is 7.98. The van der Waals surface area contributed by atoms with Gasteiger partial charge >= 0.3 is 6.03 Å². The maximum Gasteiger partial charge on any atom is 0.321 e. The molecule has 23 heavy (non-hydrogen) atoms. The maximum atomic E-state index is 12.4. The van der Waals surface area contributed by atoms with Crippen molar-refractivity contribution in [2.24, 2.45) is 5.92 Å². The molecule has 3 rings (SSSR count). The van der Waals surface area contributed by atoms with Gasteiger partial charge in [0, 0.05) is 29.7 Å². The molecule has 0 aliphatic carbocycles. The molecule has 122 valence electrons. The summed E-state index contributed by atoms with van der Waals surface area (Å²) >= 11 is 3.45. The van der Waals surface area contributed by atoms with Crippen LogP contribution in [0.5, 0.6) is 0 Å². The van der Waals surface area contributed by atoms with Crippen LogP contribution in [0.15, 0.2) is 35.2 Å². The van der Waals surface area contributed by atoms with Gasteiger partial charge in [0.15, 0.2) is 0 Å². The molecule has 1 aliphatic rings. The van der Waals surface area contributed by atoms with E-state index in [1.165, 1.54) is 6.42 Å². The fourth-order valence-corrected chi connectivity index (χ4v) is 4.21. The smallest absolute Gasteiger partial charge is 0.321 e. The number of nitrogens with one attached hydrogen (secondary N) is 1. The SMILES string of the molecule is CSCC1CCCN(C(=O)Nc2ccc(-c3cscn3)cc2)C1. The lowest BCUT2D eigenvalue weighted by molar-refractivity contribution is 0.183. The number of thioether (sulfide) groups is 1. The maximum absolute atomic E-state index is 12.4. The summed E-state index contributed by atoms with van der Waals surface area (Å²) in [5.41, 5.74) is 4.71. The van der Waals surface area contributed by atoms with Gasteiger partial charge in [0.25, 0.3) is 0 Å². The zero-order chi connectivity index (χ0) is 16.1.